The second-order valence-corrected chi connectivity index (χ2v) is 6.21. The molecule has 2 rings (SSSR count). The Morgan fingerprint density at radius 1 is 1.30 bits per heavy atom. The van der Waals surface area contributed by atoms with Crippen LogP contribution >= 0.6 is 12.4 Å². The van der Waals surface area contributed by atoms with Crippen molar-refractivity contribution >= 4 is 18.3 Å². The Balaban J connectivity index is 0.00000264. The highest BCUT2D eigenvalue weighted by molar-refractivity contribution is 5.85. The van der Waals surface area contributed by atoms with Gasteiger partial charge in [-0.2, -0.15) is 0 Å². The number of ether oxygens (including phenoxy) is 1. The normalized spacial score (nSPS) is 21.9. The first-order chi connectivity index (χ1) is 10.6. The zero-order valence-corrected chi connectivity index (χ0v) is 14.9. The molecule has 0 radical (unpaired) electrons. The van der Waals surface area contributed by atoms with E-state index in [1.807, 2.05) is 24.3 Å². The van der Waals surface area contributed by atoms with Crippen molar-refractivity contribution in [3.8, 4) is 5.75 Å². The molecule has 0 aliphatic heterocycles. The number of halogens is 1. The molecular formula is C18H29ClN2O2. The van der Waals surface area contributed by atoms with Crippen LogP contribution in [0.2, 0.25) is 0 Å². The van der Waals surface area contributed by atoms with Crippen LogP contribution < -0.4 is 15.8 Å². The predicted octanol–water partition coefficient (Wildman–Crippen LogP) is 3.59. The summed E-state index contributed by atoms with van der Waals surface area (Å²) in [4.78, 5) is 12.3. The largest absolute Gasteiger partial charge is 0.497 e. The average Bonchev–Trinajstić information content (AvgIpc) is 2.55. The van der Waals surface area contributed by atoms with Gasteiger partial charge in [0.1, 0.15) is 5.75 Å². The first-order valence-corrected chi connectivity index (χ1v) is 8.33. The SMILES string of the molecule is CCC(NC(=O)CC1CCCCC1N)c1ccc(OC)cc1.Cl. The highest BCUT2D eigenvalue weighted by atomic mass is 35.5. The van der Waals surface area contributed by atoms with Crippen LogP contribution in [0.5, 0.6) is 5.75 Å². The minimum atomic E-state index is 0. The van der Waals surface area contributed by atoms with E-state index in [2.05, 4.69) is 12.2 Å². The second-order valence-electron chi connectivity index (χ2n) is 6.21. The highest BCUT2D eigenvalue weighted by Crippen LogP contribution is 2.26. The number of nitrogens with one attached hydrogen (secondary N) is 1. The smallest absolute Gasteiger partial charge is 0.220 e. The molecule has 0 aromatic heterocycles. The van der Waals surface area contributed by atoms with Gasteiger partial charge in [0.15, 0.2) is 0 Å². The number of carbonyl (C=O) groups is 1. The molecule has 0 bridgehead atoms. The third-order valence-electron chi connectivity index (χ3n) is 4.68. The van der Waals surface area contributed by atoms with Gasteiger partial charge in [0.25, 0.3) is 0 Å². The maximum Gasteiger partial charge on any atom is 0.220 e. The zero-order valence-electron chi connectivity index (χ0n) is 14.1. The molecule has 0 spiro atoms. The van der Waals surface area contributed by atoms with Gasteiger partial charge in [-0.3, -0.25) is 4.79 Å². The number of hydrogen-bond donors (Lipinski definition) is 2. The summed E-state index contributed by atoms with van der Waals surface area (Å²) in [5, 5.41) is 3.15. The Labute approximate surface area is 145 Å². The molecule has 1 fully saturated rings. The molecule has 1 aromatic carbocycles. The Kier molecular flexibility index (Phi) is 8.42. The van der Waals surface area contributed by atoms with Crippen molar-refractivity contribution in [2.24, 2.45) is 11.7 Å². The topological polar surface area (TPSA) is 64.4 Å². The monoisotopic (exact) mass is 340 g/mol. The van der Waals surface area contributed by atoms with Crippen molar-refractivity contribution in [2.45, 2.75) is 57.5 Å². The van der Waals surface area contributed by atoms with Crippen LogP contribution in [0.1, 0.15) is 57.1 Å². The molecule has 0 saturated heterocycles. The third-order valence-corrected chi connectivity index (χ3v) is 4.68. The lowest BCUT2D eigenvalue weighted by Crippen LogP contribution is -2.38. The molecule has 130 valence electrons. The molecule has 1 aliphatic rings. The number of amides is 1. The molecule has 5 heteroatoms. The van der Waals surface area contributed by atoms with Crippen LogP contribution in [-0.2, 0) is 4.79 Å². The van der Waals surface area contributed by atoms with E-state index in [0.29, 0.717) is 12.3 Å². The van der Waals surface area contributed by atoms with Crippen molar-refractivity contribution in [2.75, 3.05) is 7.11 Å². The molecular weight excluding hydrogens is 312 g/mol. The molecule has 23 heavy (non-hydrogen) atoms. The zero-order chi connectivity index (χ0) is 15.9. The lowest BCUT2D eigenvalue weighted by molar-refractivity contribution is -0.123. The van der Waals surface area contributed by atoms with Gasteiger partial charge in [-0.1, -0.05) is 31.9 Å². The number of hydrogen-bond acceptors (Lipinski definition) is 3. The molecule has 3 unspecified atom stereocenters. The van der Waals surface area contributed by atoms with Crippen molar-refractivity contribution < 1.29 is 9.53 Å². The quantitative estimate of drug-likeness (QED) is 0.831. The van der Waals surface area contributed by atoms with Crippen molar-refractivity contribution in [3.63, 3.8) is 0 Å². The highest BCUT2D eigenvalue weighted by Gasteiger charge is 2.25. The summed E-state index contributed by atoms with van der Waals surface area (Å²) >= 11 is 0. The second kappa shape index (κ2) is 9.78. The van der Waals surface area contributed by atoms with Crippen molar-refractivity contribution in [1.29, 1.82) is 0 Å². The Morgan fingerprint density at radius 3 is 2.52 bits per heavy atom. The summed E-state index contributed by atoms with van der Waals surface area (Å²) in [5.41, 5.74) is 7.26. The number of benzene rings is 1. The fourth-order valence-electron chi connectivity index (χ4n) is 3.24. The van der Waals surface area contributed by atoms with Gasteiger partial charge in [-0.15, -0.1) is 12.4 Å². The summed E-state index contributed by atoms with van der Waals surface area (Å²) in [6.07, 6.45) is 5.94. The molecule has 1 aliphatic carbocycles. The van der Waals surface area contributed by atoms with Crippen LogP contribution in [0, 0.1) is 5.92 Å². The molecule has 3 N–H and O–H groups in total. The van der Waals surface area contributed by atoms with Crippen molar-refractivity contribution in [3.05, 3.63) is 29.8 Å². The first-order valence-electron chi connectivity index (χ1n) is 8.33. The minimum absolute atomic E-state index is 0. The summed E-state index contributed by atoms with van der Waals surface area (Å²) in [7, 11) is 1.65. The molecule has 3 atom stereocenters. The summed E-state index contributed by atoms with van der Waals surface area (Å²) < 4.78 is 5.17. The maximum atomic E-state index is 12.3. The van der Waals surface area contributed by atoms with E-state index in [1.165, 1.54) is 12.8 Å². The van der Waals surface area contributed by atoms with Crippen LogP contribution in [0.4, 0.5) is 0 Å². The van der Waals surface area contributed by atoms with Crippen LogP contribution in [0.25, 0.3) is 0 Å². The minimum Gasteiger partial charge on any atom is -0.497 e. The third kappa shape index (κ3) is 5.70. The molecule has 0 heterocycles. The van der Waals surface area contributed by atoms with Crippen LogP contribution in [-0.4, -0.2) is 19.1 Å². The molecule has 1 amide bonds. The Morgan fingerprint density at radius 2 is 1.96 bits per heavy atom. The molecule has 1 saturated carbocycles. The van der Waals surface area contributed by atoms with Gasteiger partial charge in [0.05, 0.1) is 13.2 Å². The van der Waals surface area contributed by atoms with Gasteiger partial charge in [-0.05, 0) is 42.9 Å². The van der Waals surface area contributed by atoms with Gasteiger partial charge in [0, 0.05) is 12.5 Å². The number of methoxy groups -OCH3 is 1. The molecule has 4 nitrogen and oxygen atoms in total. The molecule has 1 aromatic rings. The van der Waals surface area contributed by atoms with Gasteiger partial charge >= 0.3 is 0 Å². The lowest BCUT2D eigenvalue weighted by Gasteiger charge is -2.28. The maximum absolute atomic E-state index is 12.3. The van der Waals surface area contributed by atoms with E-state index < -0.39 is 0 Å². The fraction of sp³-hybridized carbons (Fsp3) is 0.611. The predicted molar refractivity (Wildman–Crippen MR) is 96.0 cm³/mol. The first kappa shape index (κ1) is 19.8. The average molecular weight is 341 g/mol. The van der Waals surface area contributed by atoms with Crippen LogP contribution in [0.3, 0.4) is 0 Å². The van der Waals surface area contributed by atoms with E-state index in [0.717, 1.165) is 30.6 Å². The Hall–Kier alpha value is -1.26. The summed E-state index contributed by atoms with van der Waals surface area (Å²) in [6, 6.07) is 8.13. The number of carbonyl (C=O) groups excluding carboxylic acids is 1. The van der Waals surface area contributed by atoms with E-state index in [-0.39, 0.29) is 30.4 Å². The summed E-state index contributed by atoms with van der Waals surface area (Å²) in [6.45, 7) is 2.08. The number of nitrogens with two attached hydrogens (primary N) is 1. The van der Waals surface area contributed by atoms with E-state index >= 15 is 0 Å². The van der Waals surface area contributed by atoms with Crippen molar-refractivity contribution in [1.82, 2.24) is 5.32 Å². The van der Waals surface area contributed by atoms with Gasteiger partial charge in [0.2, 0.25) is 5.91 Å². The fourth-order valence-corrected chi connectivity index (χ4v) is 3.24. The summed E-state index contributed by atoms with van der Waals surface area (Å²) in [5.74, 6) is 1.28. The Bertz CT molecular complexity index is 478. The standard InChI is InChI=1S/C18H28N2O2.ClH/c1-3-17(13-8-10-15(22-2)11-9-13)20-18(21)12-14-6-4-5-7-16(14)19;/h8-11,14,16-17H,3-7,12,19H2,1-2H3,(H,20,21);1H. The van der Waals surface area contributed by atoms with E-state index in [1.54, 1.807) is 7.11 Å². The van der Waals surface area contributed by atoms with Gasteiger partial charge in [-0.25, -0.2) is 0 Å². The van der Waals surface area contributed by atoms with Crippen LogP contribution in [0.15, 0.2) is 24.3 Å². The van der Waals surface area contributed by atoms with E-state index in [9.17, 15) is 4.79 Å². The van der Waals surface area contributed by atoms with E-state index in [4.69, 9.17) is 10.5 Å². The van der Waals surface area contributed by atoms with Gasteiger partial charge < -0.3 is 15.8 Å². The lowest BCUT2D eigenvalue weighted by atomic mass is 9.83. The number of rotatable bonds is 6.